The summed E-state index contributed by atoms with van der Waals surface area (Å²) < 4.78 is 5.06. The molecule has 0 aliphatic rings. The van der Waals surface area contributed by atoms with Gasteiger partial charge in [0.25, 0.3) is 0 Å². The Morgan fingerprint density at radius 3 is 2.65 bits per heavy atom. The number of benzene rings is 1. The van der Waals surface area contributed by atoms with Gasteiger partial charge in [-0.2, -0.15) is 0 Å². The van der Waals surface area contributed by atoms with E-state index in [2.05, 4.69) is 17.4 Å². The molecule has 4 heteroatoms. The summed E-state index contributed by atoms with van der Waals surface area (Å²) in [5.74, 6) is 0. The maximum Gasteiger partial charge on any atom is 0.169 e. The van der Waals surface area contributed by atoms with Gasteiger partial charge in [0.15, 0.2) is 5.11 Å². The van der Waals surface area contributed by atoms with E-state index < -0.39 is 0 Å². The molecular formula is C13H20N2OS. The Balaban J connectivity index is 2.42. The van der Waals surface area contributed by atoms with Crippen molar-refractivity contribution in [2.75, 3.05) is 20.8 Å². The van der Waals surface area contributed by atoms with Crippen LogP contribution in [0.15, 0.2) is 30.3 Å². The molecule has 0 bridgehead atoms. The van der Waals surface area contributed by atoms with Gasteiger partial charge < -0.3 is 15.0 Å². The molecule has 1 rings (SSSR count). The third kappa shape index (κ3) is 5.15. The molecule has 1 unspecified atom stereocenters. The third-order valence-electron chi connectivity index (χ3n) is 2.40. The van der Waals surface area contributed by atoms with Crippen LogP contribution in [0.25, 0.3) is 0 Å². The van der Waals surface area contributed by atoms with E-state index in [0.29, 0.717) is 6.61 Å². The first-order valence-corrected chi connectivity index (χ1v) is 6.08. The smallest absolute Gasteiger partial charge is 0.169 e. The molecule has 0 heterocycles. The van der Waals surface area contributed by atoms with Gasteiger partial charge in [-0.1, -0.05) is 30.3 Å². The number of rotatable bonds is 5. The number of thiocarbonyl (C=S) groups is 1. The summed E-state index contributed by atoms with van der Waals surface area (Å²) in [4.78, 5) is 2.02. The van der Waals surface area contributed by atoms with Gasteiger partial charge in [0, 0.05) is 26.7 Å². The van der Waals surface area contributed by atoms with Crippen molar-refractivity contribution >= 4 is 17.3 Å². The van der Waals surface area contributed by atoms with Crippen molar-refractivity contribution < 1.29 is 4.74 Å². The van der Waals surface area contributed by atoms with E-state index in [1.165, 1.54) is 5.56 Å². The maximum absolute atomic E-state index is 5.33. The fraction of sp³-hybridized carbons (Fsp3) is 0.462. The van der Waals surface area contributed by atoms with Gasteiger partial charge in [-0.25, -0.2) is 0 Å². The van der Waals surface area contributed by atoms with Crippen LogP contribution in [0.1, 0.15) is 12.5 Å². The molecular weight excluding hydrogens is 232 g/mol. The highest BCUT2D eigenvalue weighted by atomic mass is 32.1. The van der Waals surface area contributed by atoms with Crippen molar-refractivity contribution in [2.45, 2.75) is 19.5 Å². The molecule has 0 aliphatic heterocycles. The van der Waals surface area contributed by atoms with Crippen molar-refractivity contribution in [3.05, 3.63) is 35.9 Å². The first-order valence-electron chi connectivity index (χ1n) is 5.68. The van der Waals surface area contributed by atoms with Crippen LogP contribution in [0.2, 0.25) is 0 Å². The summed E-state index contributed by atoms with van der Waals surface area (Å²) >= 11 is 5.33. The van der Waals surface area contributed by atoms with E-state index in [4.69, 9.17) is 17.0 Å². The topological polar surface area (TPSA) is 24.5 Å². The fourth-order valence-corrected chi connectivity index (χ4v) is 1.81. The van der Waals surface area contributed by atoms with Crippen LogP contribution in [-0.2, 0) is 11.3 Å². The molecule has 1 aromatic rings. The average Bonchev–Trinajstić information content (AvgIpc) is 2.30. The number of hydrogen-bond acceptors (Lipinski definition) is 2. The van der Waals surface area contributed by atoms with Crippen molar-refractivity contribution in [3.63, 3.8) is 0 Å². The molecule has 0 saturated heterocycles. The molecule has 0 fully saturated rings. The Labute approximate surface area is 109 Å². The van der Waals surface area contributed by atoms with Gasteiger partial charge in [-0.3, -0.25) is 0 Å². The van der Waals surface area contributed by atoms with Gasteiger partial charge in [-0.15, -0.1) is 0 Å². The zero-order valence-corrected chi connectivity index (χ0v) is 11.5. The summed E-state index contributed by atoms with van der Waals surface area (Å²) in [6.07, 6.45) is 0. The van der Waals surface area contributed by atoms with Crippen molar-refractivity contribution in [2.24, 2.45) is 0 Å². The minimum absolute atomic E-state index is 0.228. The predicted molar refractivity (Wildman–Crippen MR) is 75.0 cm³/mol. The molecule has 1 aromatic carbocycles. The first-order chi connectivity index (χ1) is 8.13. The van der Waals surface area contributed by atoms with E-state index >= 15 is 0 Å². The van der Waals surface area contributed by atoms with Crippen molar-refractivity contribution in [1.29, 1.82) is 0 Å². The summed E-state index contributed by atoms with van der Waals surface area (Å²) in [6, 6.07) is 10.5. The quantitative estimate of drug-likeness (QED) is 0.810. The number of hydrogen-bond donors (Lipinski definition) is 1. The summed E-state index contributed by atoms with van der Waals surface area (Å²) in [5.41, 5.74) is 1.25. The largest absolute Gasteiger partial charge is 0.383 e. The van der Waals surface area contributed by atoms with E-state index in [-0.39, 0.29) is 6.04 Å². The molecule has 1 atom stereocenters. The SMILES string of the molecule is COCC(C)NC(=S)N(C)Cc1ccccc1. The number of nitrogens with one attached hydrogen (secondary N) is 1. The van der Waals surface area contributed by atoms with Gasteiger partial charge in [0.2, 0.25) is 0 Å². The highest BCUT2D eigenvalue weighted by molar-refractivity contribution is 7.80. The monoisotopic (exact) mass is 252 g/mol. The molecule has 0 radical (unpaired) electrons. The number of ether oxygens (including phenoxy) is 1. The molecule has 94 valence electrons. The summed E-state index contributed by atoms with van der Waals surface area (Å²) in [7, 11) is 3.68. The van der Waals surface area contributed by atoms with E-state index in [1.807, 2.05) is 37.1 Å². The Morgan fingerprint density at radius 1 is 1.41 bits per heavy atom. The van der Waals surface area contributed by atoms with Crippen LogP contribution >= 0.6 is 12.2 Å². The molecule has 0 aliphatic carbocycles. The van der Waals surface area contributed by atoms with E-state index in [9.17, 15) is 0 Å². The van der Waals surface area contributed by atoms with Crippen LogP contribution in [-0.4, -0.2) is 36.8 Å². The first kappa shape index (κ1) is 13.9. The molecule has 1 N–H and O–H groups in total. The lowest BCUT2D eigenvalue weighted by molar-refractivity contribution is 0.178. The Hall–Kier alpha value is -1.13. The number of methoxy groups -OCH3 is 1. The molecule has 17 heavy (non-hydrogen) atoms. The lowest BCUT2D eigenvalue weighted by Gasteiger charge is -2.24. The Bertz CT molecular complexity index is 343. The van der Waals surface area contributed by atoms with E-state index in [0.717, 1.165) is 11.7 Å². The second-order valence-corrected chi connectivity index (χ2v) is 4.53. The standard InChI is InChI=1S/C13H20N2OS/c1-11(10-16-3)14-13(17)15(2)9-12-7-5-4-6-8-12/h4-8,11H,9-10H2,1-3H3,(H,14,17). The third-order valence-corrected chi connectivity index (χ3v) is 2.83. The predicted octanol–water partition coefficient (Wildman–Crippen LogP) is 2.03. The molecule has 0 spiro atoms. The molecule has 3 nitrogen and oxygen atoms in total. The van der Waals surface area contributed by atoms with Crippen LogP contribution in [0.4, 0.5) is 0 Å². The van der Waals surface area contributed by atoms with Crippen LogP contribution in [0.5, 0.6) is 0 Å². The van der Waals surface area contributed by atoms with Crippen LogP contribution in [0.3, 0.4) is 0 Å². The van der Waals surface area contributed by atoms with Crippen LogP contribution < -0.4 is 5.32 Å². The Morgan fingerprint density at radius 2 is 2.06 bits per heavy atom. The lowest BCUT2D eigenvalue weighted by atomic mass is 10.2. The van der Waals surface area contributed by atoms with Gasteiger partial charge in [0.1, 0.15) is 0 Å². The fourth-order valence-electron chi connectivity index (χ4n) is 1.54. The lowest BCUT2D eigenvalue weighted by Crippen LogP contribution is -2.43. The van der Waals surface area contributed by atoms with Gasteiger partial charge in [-0.05, 0) is 24.7 Å². The normalized spacial score (nSPS) is 11.9. The van der Waals surface area contributed by atoms with Crippen molar-refractivity contribution in [3.8, 4) is 0 Å². The number of nitrogens with zero attached hydrogens (tertiary/aromatic N) is 1. The maximum atomic E-state index is 5.33. The van der Waals surface area contributed by atoms with Crippen molar-refractivity contribution in [1.82, 2.24) is 10.2 Å². The van der Waals surface area contributed by atoms with Gasteiger partial charge >= 0.3 is 0 Å². The Kier molecular flexibility index (Phi) is 5.94. The molecule has 0 aromatic heterocycles. The second kappa shape index (κ2) is 7.25. The zero-order chi connectivity index (χ0) is 12.7. The second-order valence-electron chi connectivity index (χ2n) is 4.15. The molecule has 0 amide bonds. The highest BCUT2D eigenvalue weighted by Crippen LogP contribution is 2.03. The molecule has 0 saturated carbocycles. The van der Waals surface area contributed by atoms with Crippen LogP contribution in [0, 0.1) is 0 Å². The highest BCUT2D eigenvalue weighted by Gasteiger charge is 2.08. The van der Waals surface area contributed by atoms with E-state index in [1.54, 1.807) is 7.11 Å². The van der Waals surface area contributed by atoms with Gasteiger partial charge in [0.05, 0.1) is 6.61 Å². The minimum atomic E-state index is 0.228. The summed E-state index contributed by atoms with van der Waals surface area (Å²) in [5, 5.41) is 3.98. The average molecular weight is 252 g/mol. The minimum Gasteiger partial charge on any atom is -0.383 e. The summed E-state index contributed by atoms with van der Waals surface area (Å²) in [6.45, 7) is 3.51. The zero-order valence-electron chi connectivity index (χ0n) is 10.6.